The highest BCUT2D eigenvalue weighted by Gasteiger charge is 2.42. The first-order chi connectivity index (χ1) is 16.0. The molecule has 33 heavy (non-hydrogen) atoms. The predicted octanol–water partition coefficient (Wildman–Crippen LogP) is 1.03. The topological polar surface area (TPSA) is 108 Å². The molecule has 2 saturated heterocycles. The highest BCUT2D eigenvalue weighted by molar-refractivity contribution is 5.82. The zero-order chi connectivity index (χ0) is 23.4. The molecule has 3 heterocycles. The van der Waals surface area contributed by atoms with E-state index < -0.39 is 4.92 Å². The number of nitro benzene ring substituents is 1. The SMILES string of the molecule is COCCCNC(=O)C1Cc2cc([N+](=O)[O-])ccc2N2CCN(CC(=O)N3CCCC3)CC12. The van der Waals surface area contributed by atoms with Gasteiger partial charge in [0.25, 0.3) is 5.69 Å². The zero-order valence-corrected chi connectivity index (χ0v) is 19.2. The van der Waals surface area contributed by atoms with E-state index >= 15 is 0 Å². The molecule has 0 bridgehead atoms. The molecule has 0 aromatic heterocycles. The Hall–Kier alpha value is -2.72. The standard InChI is InChI=1S/C23H33N5O5/c1-33-12-4-7-24-23(30)19-14-17-13-18(28(31)32)5-6-20(17)27-11-10-25(15-21(19)27)16-22(29)26-8-2-3-9-26/h5-6,13,19,21H,2-4,7-12,14-16H2,1H3,(H,24,30). The summed E-state index contributed by atoms with van der Waals surface area (Å²) in [6.07, 6.45) is 3.30. The maximum absolute atomic E-state index is 13.2. The number of amides is 2. The lowest BCUT2D eigenvalue weighted by Gasteiger charge is -2.49. The Morgan fingerprint density at radius 2 is 2.00 bits per heavy atom. The lowest BCUT2D eigenvalue weighted by molar-refractivity contribution is -0.384. The molecular formula is C23H33N5O5. The Morgan fingerprint density at radius 3 is 2.73 bits per heavy atom. The first-order valence-corrected chi connectivity index (χ1v) is 11.8. The number of ether oxygens (including phenoxy) is 1. The van der Waals surface area contributed by atoms with Crippen LogP contribution < -0.4 is 10.2 Å². The van der Waals surface area contributed by atoms with E-state index in [0.717, 1.165) is 43.6 Å². The number of nitro groups is 1. The third kappa shape index (κ3) is 5.27. The van der Waals surface area contributed by atoms with Crippen LogP contribution in [0, 0.1) is 16.0 Å². The predicted molar refractivity (Wildman–Crippen MR) is 123 cm³/mol. The molecule has 180 valence electrons. The van der Waals surface area contributed by atoms with Gasteiger partial charge in [-0.3, -0.25) is 24.6 Å². The molecule has 0 spiro atoms. The summed E-state index contributed by atoms with van der Waals surface area (Å²) in [6.45, 7) is 5.15. The van der Waals surface area contributed by atoms with Crippen molar-refractivity contribution in [3.63, 3.8) is 0 Å². The van der Waals surface area contributed by atoms with Crippen molar-refractivity contribution in [3.8, 4) is 0 Å². The molecule has 4 rings (SSSR count). The highest BCUT2D eigenvalue weighted by atomic mass is 16.6. The Labute approximate surface area is 194 Å². The first kappa shape index (κ1) is 23.4. The lowest BCUT2D eigenvalue weighted by atomic mass is 9.83. The smallest absolute Gasteiger partial charge is 0.269 e. The second-order valence-electron chi connectivity index (χ2n) is 9.10. The van der Waals surface area contributed by atoms with Gasteiger partial charge in [-0.1, -0.05) is 0 Å². The Bertz CT molecular complexity index is 888. The highest BCUT2D eigenvalue weighted by Crippen LogP contribution is 2.38. The molecule has 2 fully saturated rings. The van der Waals surface area contributed by atoms with Gasteiger partial charge in [-0.05, 0) is 37.3 Å². The number of hydrogen-bond acceptors (Lipinski definition) is 7. The second kappa shape index (κ2) is 10.5. The largest absolute Gasteiger partial charge is 0.385 e. The minimum Gasteiger partial charge on any atom is -0.385 e. The van der Waals surface area contributed by atoms with Gasteiger partial charge in [-0.25, -0.2) is 0 Å². The van der Waals surface area contributed by atoms with Crippen LogP contribution in [0.25, 0.3) is 0 Å². The van der Waals surface area contributed by atoms with E-state index in [1.165, 1.54) is 6.07 Å². The number of piperazine rings is 1. The van der Waals surface area contributed by atoms with Crippen molar-refractivity contribution in [1.29, 1.82) is 0 Å². The molecule has 3 aliphatic heterocycles. The molecule has 1 aromatic rings. The molecule has 0 saturated carbocycles. The van der Waals surface area contributed by atoms with Crippen LogP contribution in [0.15, 0.2) is 18.2 Å². The van der Waals surface area contributed by atoms with Crippen molar-refractivity contribution < 1.29 is 19.2 Å². The van der Waals surface area contributed by atoms with Crippen LogP contribution in [-0.4, -0.2) is 92.1 Å². The molecule has 2 atom stereocenters. The van der Waals surface area contributed by atoms with Crippen LogP contribution in [0.4, 0.5) is 11.4 Å². The van der Waals surface area contributed by atoms with Gasteiger partial charge in [0.1, 0.15) is 0 Å². The van der Waals surface area contributed by atoms with E-state index in [2.05, 4.69) is 15.1 Å². The van der Waals surface area contributed by atoms with Gasteiger partial charge in [0.2, 0.25) is 11.8 Å². The zero-order valence-electron chi connectivity index (χ0n) is 19.2. The minimum atomic E-state index is -0.395. The fraction of sp³-hybridized carbons (Fsp3) is 0.652. The summed E-state index contributed by atoms with van der Waals surface area (Å²) in [5.41, 5.74) is 1.83. The third-order valence-electron chi connectivity index (χ3n) is 6.97. The van der Waals surface area contributed by atoms with Crippen LogP contribution in [0.1, 0.15) is 24.8 Å². The number of carbonyl (C=O) groups excluding carboxylic acids is 2. The number of likely N-dealkylation sites (tertiary alicyclic amines) is 1. The van der Waals surface area contributed by atoms with Crippen LogP contribution >= 0.6 is 0 Å². The second-order valence-corrected chi connectivity index (χ2v) is 9.10. The average Bonchev–Trinajstić information content (AvgIpc) is 3.36. The third-order valence-corrected chi connectivity index (χ3v) is 6.97. The molecule has 1 aromatic carbocycles. The van der Waals surface area contributed by atoms with E-state index in [9.17, 15) is 19.7 Å². The maximum Gasteiger partial charge on any atom is 0.269 e. The molecule has 10 nitrogen and oxygen atoms in total. The Morgan fingerprint density at radius 1 is 1.21 bits per heavy atom. The quantitative estimate of drug-likeness (QED) is 0.351. The van der Waals surface area contributed by atoms with Gasteiger partial charge in [0.05, 0.1) is 23.4 Å². The van der Waals surface area contributed by atoms with Gasteiger partial charge in [0.15, 0.2) is 0 Å². The molecule has 3 aliphatic rings. The molecule has 1 N–H and O–H groups in total. The fourth-order valence-electron chi connectivity index (χ4n) is 5.24. The van der Waals surface area contributed by atoms with E-state index in [0.29, 0.717) is 45.8 Å². The van der Waals surface area contributed by atoms with Crippen LogP contribution in [-0.2, 0) is 20.7 Å². The van der Waals surface area contributed by atoms with E-state index in [4.69, 9.17) is 4.74 Å². The maximum atomic E-state index is 13.2. The summed E-state index contributed by atoms with van der Waals surface area (Å²) in [7, 11) is 1.63. The van der Waals surface area contributed by atoms with Crippen molar-refractivity contribution in [2.75, 3.05) is 64.4 Å². The van der Waals surface area contributed by atoms with Crippen molar-refractivity contribution in [2.45, 2.75) is 31.7 Å². The summed E-state index contributed by atoms with van der Waals surface area (Å²) in [5, 5.41) is 14.3. The molecular weight excluding hydrogens is 426 g/mol. The lowest BCUT2D eigenvalue weighted by Crippen LogP contribution is -2.62. The number of benzene rings is 1. The van der Waals surface area contributed by atoms with Gasteiger partial charge in [0, 0.05) is 70.8 Å². The number of hydrogen-bond donors (Lipinski definition) is 1. The van der Waals surface area contributed by atoms with Crippen molar-refractivity contribution in [3.05, 3.63) is 33.9 Å². The summed E-state index contributed by atoms with van der Waals surface area (Å²) < 4.78 is 5.06. The number of rotatable bonds is 8. The van der Waals surface area contributed by atoms with Gasteiger partial charge in [-0.15, -0.1) is 0 Å². The minimum absolute atomic E-state index is 0.0429. The Balaban J connectivity index is 1.52. The van der Waals surface area contributed by atoms with Gasteiger partial charge < -0.3 is 19.9 Å². The number of non-ortho nitro benzene ring substituents is 1. The normalized spacial score (nSPS) is 22.6. The molecule has 0 aliphatic carbocycles. The number of fused-ring (bicyclic) bond motifs is 3. The monoisotopic (exact) mass is 459 g/mol. The van der Waals surface area contributed by atoms with Gasteiger partial charge >= 0.3 is 0 Å². The number of methoxy groups -OCH3 is 1. The summed E-state index contributed by atoms with van der Waals surface area (Å²) in [4.78, 5) is 43.1. The van der Waals surface area contributed by atoms with Crippen LogP contribution in [0.5, 0.6) is 0 Å². The number of nitrogens with zero attached hydrogens (tertiary/aromatic N) is 4. The molecule has 2 amide bonds. The van der Waals surface area contributed by atoms with E-state index in [1.807, 2.05) is 4.90 Å². The summed E-state index contributed by atoms with van der Waals surface area (Å²) in [6, 6.07) is 4.85. The molecule has 10 heteroatoms. The van der Waals surface area contributed by atoms with Crippen molar-refractivity contribution >= 4 is 23.2 Å². The summed E-state index contributed by atoms with van der Waals surface area (Å²) >= 11 is 0. The fourth-order valence-corrected chi connectivity index (χ4v) is 5.24. The number of nitrogens with one attached hydrogen (secondary N) is 1. The molecule has 2 unspecified atom stereocenters. The number of anilines is 1. The van der Waals surface area contributed by atoms with E-state index in [-0.39, 0.29) is 29.5 Å². The van der Waals surface area contributed by atoms with Crippen molar-refractivity contribution in [2.24, 2.45) is 5.92 Å². The number of carbonyl (C=O) groups is 2. The first-order valence-electron chi connectivity index (χ1n) is 11.8. The Kier molecular flexibility index (Phi) is 7.44. The van der Waals surface area contributed by atoms with Crippen LogP contribution in [0.3, 0.4) is 0 Å². The van der Waals surface area contributed by atoms with Crippen LogP contribution in [0.2, 0.25) is 0 Å². The van der Waals surface area contributed by atoms with E-state index in [1.54, 1.807) is 19.2 Å². The summed E-state index contributed by atoms with van der Waals surface area (Å²) in [5.74, 6) is -0.230. The van der Waals surface area contributed by atoms with Crippen molar-refractivity contribution in [1.82, 2.24) is 15.1 Å². The molecule has 0 radical (unpaired) electrons. The van der Waals surface area contributed by atoms with Gasteiger partial charge in [-0.2, -0.15) is 0 Å². The average molecular weight is 460 g/mol.